The van der Waals surface area contributed by atoms with Gasteiger partial charge in [0, 0.05) is 10.0 Å². The summed E-state index contributed by atoms with van der Waals surface area (Å²) in [5.74, 6) is 6.09. The molecule has 0 saturated heterocycles. The first-order valence-electron chi connectivity index (χ1n) is 6.18. The van der Waals surface area contributed by atoms with E-state index in [0.717, 1.165) is 11.3 Å². The number of methoxy groups -OCH3 is 1. The van der Waals surface area contributed by atoms with Crippen LogP contribution in [-0.4, -0.2) is 7.11 Å². The molecule has 0 saturated carbocycles. The minimum Gasteiger partial charge on any atom is -0.496 e. The van der Waals surface area contributed by atoms with Gasteiger partial charge >= 0.3 is 0 Å². The van der Waals surface area contributed by atoms with Crippen molar-refractivity contribution >= 4 is 15.9 Å². The van der Waals surface area contributed by atoms with E-state index in [4.69, 9.17) is 10.6 Å². The zero-order valence-corrected chi connectivity index (χ0v) is 12.7. The number of hydrazine groups is 1. The van der Waals surface area contributed by atoms with E-state index in [9.17, 15) is 4.39 Å². The second kappa shape index (κ2) is 6.83. The van der Waals surface area contributed by atoms with E-state index < -0.39 is 0 Å². The van der Waals surface area contributed by atoms with Crippen molar-refractivity contribution in [1.29, 1.82) is 0 Å². The third-order valence-corrected chi connectivity index (χ3v) is 3.65. The molecule has 5 heteroatoms. The van der Waals surface area contributed by atoms with Gasteiger partial charge in [-0.15, -0.1) is 0 Å². The largest absolute Gasteiger partial charge is 0.496 e. The summed E-state index contributed by atoms with van der Waals surface area (Å²) in [4.78, 5) is 0. The number of para-hydroxylation sites is 1. The van der Waals surface area contributed by atoms with Crippen LogP contribution in [0.25, 0.3) is 0 Å². The first-order chi connectivity index (χ1) is 9.65. The maximum absolute atomic E-state index is 13.9. The van der Waals surface area contributed by atoms with Crippen LogP contribution < -0.4 is 16.0 Å². The van der Waals surface area contributed by atoms with Crippen molar-refractivity contribution in [2.75, 3.05) is 7.11 Å². The SMILES string of the molecule is COc1ccccc1C(Cc1ccc(Br)cc1F)NN. The zero-order valence-electron chi connectivity index (χ0n) is 11.1. The number of nitrogens with two attached hydrogens (primary N) is 1. The average Bonchev–Trinajstić information content (AvgIpc) is 2.46. The van der Waals surface area contributed by atoms with Crippen LogP contribution in [0.4, 0.5) is 4.39 Å². The molecule has 1 atom stereocenters. The van der Waals surface area contributed by atoms with Gasteiger partial charge in [0.05, 0.1) is 13.2 Å². The van der Waals surface area contributed by atoms with Crippen molar-refractivity contribution in [2.45, 2.75) is 12.5 Å². The molecule has 0 spiro atoms. The Balaban J connectivity index is 2.29. The van der Waals surface area contributed by atoms with E-state index in [-0.39, 0.29) is 11.9 Å². The normalized spacial score (nSPS) is 12.2. The maximum Gasteiger partial charge on any atom is 0.127 e. The molecule has 20 heavy (non-hydrogen) atoms. The molecular weight excluding hydrogens is 323 g/mol. The van der Waals surface area contributed by atoms with E-state index in [2.05, 4.69) is 21.4 Å². The predicted molar refractivity (Wildman–Crippen MR) is 80.9 cm³/mol. The van der Waals surface area contributed by atoms with Crippen LogP contribution in [0, 0.1) is 5.82 Å². The highest BCUT2D eigenvalue weighted by atomic mass is 79.9. The number of hydrogen-bond acceptors (Lipinski definition) is 3. The molecule has 0 aliphatic rings. The Labute approximate surface area is 126 Å². The Morgan fingerprint density at radius 2 is 2.05 bits per heavy atom. The highest BCUT2D eigenvalue weighted by Crippen LogP contribution is 2.28. The second-order valence-corrected chi connectivity index (χ2v) is 5.32. The lowest BCUT2D eigenvalue weighted by atomic mass is 9.98. The standard InChI is InChI=1S/C15H16BrFN2O/c1-20-15-5-3-2-4-12(15)14(19-18)8-10-6-7-11(16)9-13(10)17/h2-7,9,14,19H,8,18H2,1H3. The fraction of sp³-hybridized carbons (Fsp3) is 0.200. The molecule has 106 valence electrons. The molecule has 0 heterocycles. The van der Waals surface area contributed by atoms with Crippen LogP contribution in [-0.2, 0) is 6.42 Å². The smallest absolute Gasteiger partial charge is 0.127 e. The van der Waals surface area contributed by atoms with Crippen molar-refractivity contribution in [2.24, 2.45) is 5.84 Å². The molecule has 0 aliphatic heterocycles. The van der Waals surface area contributed by atoms with Gasteiger partial charge in [-0.3, -0.25) is 11.3 Å². The molecule has 2 aromatic carbocycles. The van der Waals surface area contributed by atoms with Gasteiger partial charge in [-0.25, -0.2) is 4.39 Å². The first-order valence-corrected chi connectivity index (χ1v) is 6.98. The summed E-state index contributed by atoms with van der Waals surface area (Å²) in [6, 6.07) is 12.4. The predicted octanol–water partition coefficient (Wildman–Crippen LogP) is 3.34. The lowest BCUT2D eigenvalue weighted by Crippen LogP contribution is -2.30. The molecule has 1 unspecified atom stereocenters. The third kappa shape index (κ3) is 3.36. The molecular formula is C15H16BrFN2O. The number of hydrogen-bond donors (Lipinski definition) is 2. The average molecular weight is 339 g/mol. The Morgan fingerprint density at radius 1 is 1.30 bits per heavy atom. The van der Waals surface area contributed by atoms with Gasteiger partial charge in [-0.1, -0.05) is 40.2 Å². The lowest BCUT2D eigenvalue weighted by Gasteiger charge is -2.19. The van der Waals surface area contributed by atoms with Crippen molar-refractivity contribution in [1.82, 2.24) is 5.43 Å². The summed E-state index contributed by atoms with van der Waals surface area (Å²) in [5.41, 5.74) is 4.23. The zero-order chi connectivity index (χ0) is 14.5. The first kappa shape index (κ1) is 15.0. The monoisotopic (exact) mass is 338 g/mol. The topological polar surface area (TPSA) is 47.3 Å². The van der Waals surface area contributed by atoms with Gasteiger partial charge in [-0.05, 0) is 30.2 Å². The molecule has 3 nitrogen and oxygen atoms in total. The molecule has 0 aliphatic carbocycles. The van der Waals surface area contributed by atoms with Crippen molar-refractivity contribution in [3.8, 4) is 5.75 Å². The minimum atomic E-state index is -0.255. The van der Waals surface area contributed by atoms with Gasteiger partial charge in [0.1, 0.15) is 11.6 Å². The van der Waals surface area contributed by atoms with Crippen molar-refractivity contribution < 1.29 is 9.13 Å². The van der Waals surface area contributed by atoms with Crippen molar-refractivity contribution in [3.63, 3.8) is 0 Å². The fourth-order valence-corrected chi connectivity index (χ4v) is 2.45. The van der Waals surface area contributed by atoms with Crippen LogP contribution in [0.5, 0.6) is 5.75 Å². The summed E-state index contributed by atoms with van der Waals surface area (Å²) in [6.45, 7) is 0. The van der Waals surface area contributed by atoms with E-state index >= 15 is 0 Å². The Morgan fingerprint density at radius 3 is 2.70 bits per heavy atom. The summed E-state index contributed by atoms with van der Waals surface area (Å²) >= 11 is 3.25. The number of benzene rings is 2. The van der Waals surface area contributed by atoms with Crippen LogP contribution in [0.1, 0.15) is 17.2 Å². The van der Waals surface area contributed by atoms with E-state index in [1.807, 2.05) is 30.3 Å². The molecule has 0 amide bonds. The van der Waals surface area contributed by atoms with E-state index in [0.29, 0.717) is 16.5 Å². The van der Waals surface area contributed by atoms with Gasteiger partial charge in [0.25, 0.3) is 0 Å². The molecule has 0 aromatic heterocycles. The molecule has 2 aromatic rings. The number of halogens is 2. The number of nitrogens with one attached hydrogen (secondary N) is 1. The molecule has 2 rings (SSSR count). The van der Waals surface area contributed by atoms with Crippen LogP contribution in [0.3, 0.4) is 0 Å². The van der Waals surface area contributed by atoms with E-state index in [1.54, 1.807) is 13.2 Å². The van der Waals surface area contributed by atoms with Gasteiger partial charge in [0.15, 0.2) is 0 Å². The lowest BCUT2D eigenvalue weighted by molar-refractivity contribution is 0.398. The summed E-state index contributed by atoms with van der Waals surface area (Å²) in [7, 11) is 1.60. The third-order valence-electron chi connectivity index (χ3n) is 3.15. The second-order valence-electron chi connectivity index (χ2n) is 4.40. The molecule has 3 N–H and O–H groups in total. The quantitative estimate of drug-likeness (QED) is 0.649. The summed E-state index contributed by atoms with van der Waals surface area (Å²) < 4.78 is 19.9. The Bertz CT molecular complexity index is 592. The van der Waals surface area contributed by atoms with Crippen LogP contribution in [0.2, 0.25) is 0 Å². The van der Waals surface area contributed by atoms with Gasteiger partial charge < -0.3 is 4.74 Å². The fourth-order valence-electron chi connectivity index (χ4n) is 2.12. The highest BCUT2D eigenvalue weighted by molar-refractivity contribution is 9.10. The van der Waals surface area contributed by atoms with Crippen LogP contribution >= 0.6 is 15.9 Å². The number of rotatable bonds is 5. The van der Waals surface area contributed by atoms with Gasteiger partial charge in [0.2, 0.25) is 0 Å². The minimum absolute atomic E-state index is 0.221. The Kier molecular flexibility index (Phi) is 5.11. The summed E-state index contributed by atoms with van der Waals surface area (Å²) in [5, 5.41) is 0. The molecule has 0 fully saturated rings. The molecule has 0 radical (unpaired) electrons. The van der Waals surface area contributed by atoms with E-state index in [1.165, 1.54) is 6.07 Å². The Hall–Kier alpha value is -1.43. The summed E-state index contributed by atoms with van der Waals surface area (Å²) in [6.07, 6.45) is 0.440. The highest BCUT2D eigenvalue weighted by Gasteiger charge is 2.16. The molecule has 0 bridgehead atoms. The van der Waals surface area contributed by atoms with Crippen LogP contribution in [0.15, 0.2) is 46.9 Å². The number of ether oxygens (including phenoxy) is 1. The van der Waals surface area contributed by atoms with Gasteiger partial charge in [-0.2, -0.15) is 0 Å². The van der Waals surface area contributed by atoms with Crippen molar-refractivity contribution in [3.05, 3.63) is 63.9 Å². The maximum atomic E-state index is 13.9.